The van der Waals surface area contributed by atoms with E-state index in [2.05, 4.69) is 41.9 Å². The standard InChI is InChI=1S/C21H26N6O2/c28-20-10-15(12-26-4-3-22-14-26)9-19(20)25-21-17-11-16(27-5-7-29-8-6-27)1-2-18(17)23-13-24-21/h1-4,11,13-15,19-20,28H,5-10,12H2,(H,23,24,25)/t15?,19-,20-/m1/s1. The Bertz CT molecular complexity index is 957. The molecule has 1 saturated heterocycles. The van der Waals surface area contributed by atoms with Gasteiger partial charge in [-0.15, -0.1) is 0 Å². The number of hydrogen-bond acceptors (Lipinski definition) is 7. The Morgan fingerprint density at radius 1 is 1.17 bits per heavy atom. The molecule has 5 rings (SSSR count). The molecule has 1 aromatic carbocycles. The molecule has 0 amide bonds. The summed E-state index contributed by atoms with van der Waals surface area (Å²) in [5.74, 6) is 1.20. The predicted octanol–water partition coefficient (Wildman–Crippen LogP) is 1.91. The molecule has 0 radical (unpaired) electrons. The third-order valence-corrected chi connectivity index (χ3v) is 5.97. The second-order valence-corrected chi connectivity index (χ2v) is 7.94. The van der Waals surface area contributed by atoms with E-state index in [-0.39, 0.29) is 6.04 Å². The summed E-state index contributed by atoms with van der Waals surface area (Å²) in [6.07, 6.45) is 8.46. The van der Waals surface area contributed by atoms with E-state index in [1.807, 2.05) is 18.6 Å². The van der Waals surface area contributed by atoms with Crippen molar-refractivity contribution in [2.45, 2.75) is 31.5 Å². The van der Waals surface area contributed by atoms with Crippen LogP contribution in [-0.4, -0.2) is 63.1 Å². The fourth-order valence-electron chi connectivity index (χ4n) is 4.47. The molecule has 2 fully saturated rings. The lowest BCUT2D eigenvalue weighted by Gasteiger charge is -2.29. The largest absolute Gasteiger partial charge is 0.391 e. The average molecular weight is 394 g/mol. The van der Waals surface area contributed by atoms with Gasteiger partial charge in [-0.2, -0.15) is 0 Å². The summed E-state index contributed by atoms with van der Waals surface area (Å²) >= 11 is 0. The first-order chi connectivity index (χ1) is 14.3. The van der Waals surface area contributed by atoms with Gasteiger partial charge >= 0.3 is 0 Å². The van der Waals surface area contributed by atoms with Crippen molar-refractivity contribution in [1.82, 2.24) is 19.5 Å². The summed E-state index contributed by atoms with van der Waals surface area (Å²) in [6, 6.07) is 6.28. The van der Waals surface area contributed by atoms with Crippen LogP contribution in [0.2, 0.25) is 0 Å². The molecular weight excluding hydrogens is 368 g/mol. The minimum Gasteiger partial charge on any atom is -0.391 e. The summed E-state index contributed by atoms with van der Waals surface area (Å²) in [4.78, 5) is 15.4. The van der Waals surface area contributed by atoms with E-state index in [9.17, 15) is 5.11 Å². The molecule has 8 nitrogen and oxygen atoms in total. The van der Waals surface area contributed by atoms with Crippen LogP contribution in [0.25, 0.3) is 10.9 Å². The summed E-state index contributed by atoms with van der Waals surface area (Å²) in [5.41, 5.74) is 2.06. The highest BCUT2D eigenvalue weighted by atomic mass is 16.5. The predicted molar refractivity (Wildman–Crippen MR) is 111 cm³/mol. The van der Waals surface area contributed by atoms with Crippen molar-refractivity contribution >= 4 is 22.4 Å². The van der Waals surface area contributed by atoms with E-state index in [4.69, 9.17) is 4.74 Å². The third kappa shape index (κ3) is 3.90. The van der Waals surface area contributed by atoms with Gasteiger partial charge < -0.3 is 24.6 Å². The first-order valence-corrected chi connectivity index (χ1v) is 10.2. The fraction of sp³-hybridized carbons (Fsp3) is 0.476. The molecule has 8 heteroatoms. The van der Waals surface area contributed by atoms with E-state index >= 15 is 0 Å². The molecule has 29 heavy (non-hydrogen) atoms. The number of nitrogens with one attached hydrogen (secondary N) is 1. The van der Waals surface area contributed by atoms with Gasteiger partial charge in [-0.25, -0.2) is 15.0 Å². The van der Waals surface area contributed by atoms with E-state index in [0.29, 0.717) is 5.92 Å². The number of fused-ring (bicyclic) bond motifs is 1. The number of nitrogens with zero attached hydrogens (tertiary/aromatic N) is 5. The maximum absolute atomic E-state index is 10.6. The lowest BCUT2D eigenvalue weighted by molar-refractivity contribution is 0.122. The number of imidazole rings is 1. The second-order valence-electron chi connectivity index (χ2n) is 7.94. The molecule has 1 saturated carbocycles. The van der Waals surface area contributed by atoms with Crippen LogP contribution in [0.1, 0.15) is 12.8 Å². The van der Waals surface area contributed by atoms with Gasteiger partial charge in [-0.1, -0.05) is 0 Å². The molecule has 1 aliphatic carbocycles. The molecule has 1 unspecified atom stereocenters. The smallest absolute Gasteiger partial charge is 0.137 e. The topological polar surface area (TPSA) is 88.3 Å². The molecule has 152 valence electrons. The molecule has 3 heterocycles. The number of benzene rings is 1. The molecular formula is C21H26N6O2. The van der Waals surface area contributed by atoms with Gasteiger partial charge in [0.1, 0.15) is 12.1 Å². The number of aromatic nitrogens is 4. The first kappa shape index (κ1) is 18.3. The van der Waals surface area contributed by atoms with Crippen LogP contribution >= 0.6 is 0 Å². The van der Waals surface area contributed by atoms with Crippen molar-refractivity contribution in [3.8, 4) is 0 Å². The number of hydrogen-bond donors (Lipinski definition) is 2. The number of ether oxygens (including phenoxy) is 1. The third-order valence-electron chi connectivity index (χ3n) is 5.97. The summed E-state index contributed by atoms with van der Waals surface area (Å²) in [5, 5.41) is 15.1. The van der Waals surface area contributed by atoms with Gasteiger partial charge in [0.05, 0.1) is 37.2 Å². The fourth-order valence-corrected chi connectivity index (χ4v) is 4.47. The first-order valence-electron chi connectivity index (χ1n) is 10.2. The molecule has 2 aliphatic rings. The Hall–Kier alpha value is -2.71. The number of aliphatic hydroxyl groups is 1. The van der Waals surface area contributed by atoms with Crippen LogP contribution in [-0.2, 0) is 11.3 Å². The van der Waals surface area contributed by atoms with Crippen molar-refractivity contribution in [2.75, 3.05) is 36.5 Å². The number of anilines is 2. The highest BCUT2D eigenvalue weighted by molar-refractivity contribution is 5.91. The SMILES string of the molecule is O[C@@H]1CC(Cn2ccnc2)C[C@H]1Nc1ncnc2ccc(N3CCOCC3)cc12. The highest BCUT2D eigenvalue weighted by Crippen LogP contribution is 2.32. The van der Waals surface area contributed by atoms with Gasteiger partial charge in [0, 0.05) is 43.1 Å². The molecule has 3 atom stereocenters. The maximum atomic E-state index is 10.6. The Kier molecular flexibility index (Phi) is 5.03. The number of morpholine rings is 1. The van der Waals surface area contributed by atoms with E-state index < -0.39 is 6.10 Å². The van der Waals surface area contributed by atoms with Gasteiger partial charge in [0.2, 0.25) is 0 Å². The molecule has 0 spiro atoms. The molecule has 3 aromatic rings. The van der Waals surface area contributed by atoms with Crippen molar-refractivity contribution in [1.29, 1.82) is 0 Å². The lowest BCUT2D eigenvalue weighted by atomic mass is 10.1. The number of rotatable bonds is 5. The van der Waals surface area contributed by atoms with Crippen molar-refractivity contribution in [3.05, 3.63) is 43.2 Å². The van der Waals surface area contributed by atoms with Gasteiger partial charge in [-0.05, 0) is 37.0 Å². The summed E-state index contributed by atoms with van der Waals surface area (Å²) < 4.78 is 7.55. The van der Waals surface area contributed by atoms with Crippen LogP contribution in [0.4, 0.5) is 11.5 Å². The lowest BCUT2D eigenvalue weighted by Crippen LogP contribution is -2.36. The zero-order valence-electron chi connectivity index (χ0n) is 16.3. The summed E-state index contributed by atoms with van der Waals surface area (Å²) in [7, 11) is 0. The zero-order valence-corrected chi connectivity index (χ0v) is 16.3. The van der Waals surface area contributed by atoms with Gasteiger partial charge in [0.25, 0.3) is 0 Å². The Balaban J connectivity index is 1.35. The normalized spacial score (nSPS) is 24.9. The van der Waals surface area contributed by atoms with Crippen LogP contribution in [0.5, 0.6) is 0 Å². The Labute approximate surface area is 169 Å². The highest BCUT2D eigenvalue weighted by Gasteiger charge is 2.33. The van der Waals surface area contributed by atoms with Gasteiger partial charge in [-0.3, -0.25) is 0 Å². The van der Waals surface area contributed by atoms with Crippen molar-refractivity contribution in [3.63, 3.8) is 0 Å². The molecule has 2 N–H and O–H groups in total. The monoisotopic (exact) mass is 394 g/mol. The average Bonchev–Trinajstić information content (AvgIpc) is 3.38. The van der Waals surface area contributed by atoms with E-state index in [1.165, 1.54) is 0 Å². The summed E-state index contributed by atoms with van der Waals surface area (Å²) in [6.45, 7) is 4.15. The second kappa shape index (κ2) is 7.96. The van der Waals surface area contributed by atoms with Crippen LogP contribution in [0.3, 0.4) is 0 Å². The van der Waals surface area contributed by atoms with Gasteiger partial charge in [0.15, 0.2) is 0 Å². The minimum absolute atomic E-state index is 0.0198. The minimum atomic E-state index is -0.393. The number of aliphatic hydroxyl groups excluding tert-OH is 1. The Morgan fingerprint density at radius 2 is 2.07 bits per heavy atom. The van der Waals surface area contributed by atoms with E-state index in [0.717, 1.165) is 68.1 Å². The Morgan fingerprint density at radius 3 is 2.90 bits per heavy atom. The van der Waals surface area contributed by atoms with E-state index in [1.54, 1.807) is 12.5 Å². The van der Waals surface area contributed by atoms with Crippen molar-refractivity contribution < 1.29 is 9.84 Å². The van der Waals surface area contributed by atoms with Crippen LogP contribution < -0.4 is 10.2 Å². The zero-order chi connectivity index (χ0) is 19.6. The molecule has 1 aliphatic heterocycles. The quantitative estimate of drug-likeness (QED) is 0.683. The maximum Gasteiger partial charge on any atom is 0.137 e. The van der Waals surface area contributed by atoms with Crippen molar-refractivity contribution in [2.24, 2.45) is 5.92 Å². The molecule has 0 bridgehead atoms. The molecule has 2 aromatic heterocycles. The van der Waals surface area contributed by atoms with Crippen LogP contribution in [0, 0.1) is 5.92 Å². The van der Waals surface area contributed by atoms with Crippen LogP contribution in [0.15, 0.2) is 43.2 Å².